The van der Waals surface area contributed by atoms with Gasteiger partial charge in [0.1, 0.15) is 0 Å². The fourth-order valence-corrected chi connectivity index (χ4v) is 1.42. The van der Waals surface area contributed by atoms with Crippen LogP contribution in [0, 0.1) is 17.5 Å². The van der Waals surface area contributed by atoms with E-state index in [1.165, 1.54) is 0 Å². The Morgan fingerprint density at radius 2 is 1.55 bits per heavy atom. The average molecular weight is 317 g/mol. The average Bonchev–Trinajstić information content (AvgIpc) is 2.29. The van der Waals surface area contributed by atoms with E-state index in [2.05, 4.69) is 12.6 Å². The first kappa shape index (κ1) is 18.8. The molecule has 0 unspecified atom stereocenters. The zero-order chi connectivity index (χ0) is 14.7. The SMILES string of the molecule is O=C(O)C(C(=O)O)=C(S)Nc1ccc(F)c(F)c1F.[NaH]. The Hall–Kier alpha value is -1.16. The normalized spacial score (nSPS) is 9.40. The zero-order valence-corrected chi connectivity index (χ0v) is 9.84. The number of thiol groups is 1. The molecule has 0 spiro atoms. The van der Waals surface area contributed by atoms with Crippen LogP contribution in [0.1, 0.15) is 0 Å². The first-order chi connectivity index (χ1) is 8.75. The summed E-state index contributed by atoms with van der Waals surface area (Å²) in [6.07, 6.45) is 0. The molecule has 3 N–H and O–H groups in total. The minimum absolute atomic E-state index is 0. The molecule has 0 amide bonds. The standard InChI is InChI=1S/C10H6F3NO4S.Na.H/c11-3-1-2-4(7(13)6(3)12)14-8(19)5(9(15)16)10(17)18;;/h1-2,14,19H,(H,15,16)(H,17,18);;. The Balaban J connectivity index is 0.00000361. The number of aliphatic carboxylic acids is 2. The van der Waals surface area contributed by atoms with E-state index in [0.717, 1.165) is 6.07 Å². The molecule has 0 fully saturated rings. The fourth-order valence-electron chi connectivity index (χ4n) is 1.11. The van der Waals surface area contributed by atoms with Crippen LogP contribution in [0.5, 0.6) is 0 Å². The molecule has 104 valence electrons. The van der Waals surface area contributed by atoms with Crippen LogP contribution in [0.2, 0.25) is 0 Å². The van der Waals surface area contributed by atoms with Crippen LogP contribution in [0.15, 0.2) is 22.7 Å². The van der Waals surface area contributed by atoms with E-state index in [1.807, 2.05) is 5.32 Å². The first-order valence-corrected chi connectivity index (χ1v) is 5.00. The predicted octanol–water partition coefficient (Wildman–Crippen LogP) is 1.18. The van der Waals surface area contributed by atoms with Crippen LogP contribution < -0.4 is 5.32 Å². The molecule has 1 aromatic rings. The number of anilines is 1. The van der Waals surface area contributed by atoms with Crippen LogP contribution >= 0.6 is 12.6 Å². The second-order valence-corrected chi connectivity index (χ2v) is 3.63. The van der Waals surface area contributed by atoms with Gasteiger partial charge in [-0.2, -0.15) is 0 Å². The van der Waals surface area contributed by atoms with Gasteiger partial charge >= 0.3 is 41.5 Å². The number of benzene rings is 1. The van der Waals surface area contributed by atoms with Gasteiger partial charge < -0.3 is 15.5 Å². The van der Waals surface area contributed by atoms with E-state index < -0.39 is 45.7 Å². The van der Waals surface area contributed by atoms with Gasteiger partial charge in [-0.05, 0) is 12.1 Å². The summed E-state index contributed by atoms with van der Waals surface area (Å²) in [7, 11) is 0. The summed E-state index contributed by atoms with van der Waals surface area (Å²) >= 11 is 3.55. The Kier molecular flexibility index (Phi) is 7.14. The van der Waals surface area contributed by atoms with E-state index in [9.17, 15) is 22.8 Å². The minimum atomic E-state index is -1.83. The van der Waals surface area contributed by atoms with E-state index in [4.69, 9.17) is 10.2 Å². The molecule has 0 saturated heterocycles. The van der Waals surface area contributed by atoms with Crippen molar-refractivity contribution >= 4 is 59.8 Å². The number of nitrogens with one attached hydrogen (secondary N) is 1. The first-order valence-electron chi connectivity index (χ1n) is 4.56. The Labute approximate surface area is 138 Å². The van der Waals surface area contributed by atoms with Gasteiger partial charge in [-0.1, -0.05) is 0 Å². The number of halogens is 3. The zero-order valence-electron chi connectivity index (χ0n) is 8.95. The third-order valence-corrected chi connectivity index (χ3v) is 2.29. The van der Waals surface area contributed by atoms with Crippen molar-refractivity contribution in [1.29, 1.82) is 0 Å². The van der Waals surface area contributed by atoms with E-state index in [-0.39, 0.29) is 29.6 Å². The van der Waals surface area contributed by atoms with Crippen LogP contribution in [-0.2, 0) is 9.59 Å². The monoisotopic (exact) mass is 317 g/mol. The van der Waals surface area contributed by atoms with E-state index in [1.54, 1.807) is 0 Å². The molecule has 0 aliphatic carbocycles. The maximum absolute atomic E-state index is 13.3. The molecule has 10 heteroatoms. The molecule has 0 atom stereocenters. The van der Waals surface area contributed by atoms with Crippen molar-refractivity contribution in [3.63, 3.8) is 0 Å². The number of carboxylic acids is 2. The van der Waals surface area contributed by atoms with Crippen molar-refractivity contribution in [3.05, 3.63) is 40.2 Å². The Bertz CT molecular complexity index is 578. The summed E-state index contributed by atoms with van der Waals surface area (Å²) in [6, 6.07) is 1.36. The van der Waals surface area contributed by atoms with Gasteiger partial charge in [0.2, 0.25) is 0 Å². The van der Waals surface area contributed by atoms with Crippen LogP contribution in [-0.4, -0.2) is 51.7 Å². The molecule has 0 aliphatic rings. The van der Waals surface area contributed by atoms with Gasteiger partial charge in [-0.3, -0.25) is 0 Å². The van der Waals surface area contributed by atoms with Gasteiger partial charge in [-0.15, -0.1) is 12.6 Å². The van der Waals surface area contributed by atoms with Gasteiger partial charge in [-0.25, -0.2) is 22.8 Å². The van der Waals surface area contributed by atoms with Crippen molar-refractivity contribution in [2.24, 2.45) is 0 Å². The number of carbonyl (C=O) groups is 2. The van der Waals surface area contributed by atoms with Gasteiger partial charge in [0.15, 0.2) is 23.0 Å². The van der Waals surface area contributed by atoms with Crippen LogP contribution in [0.4, 0.5) is 18.9 Å². The molecule has 20 heavy (non-hydrogen) atoms. The molecular weight excluding hydrogens is 310 g/mol. The fraction of sp³-hybridized carbons (Fsp3) is 0. The van der Waals surface area contributed by atoms with Crippen molar-refractivity contribution in [3.8, 4) is 0 Å². The molecule has 0 aliphatic heterocycles. The number of hydrogen-bond donors (Lipinski definition) is 4. The predicted molar refractivity (Wildman–Crippen MR) is 68.4 cm³/mol. The number of rotatable bonds is 4. The maximum atomic E-state index is 13.3. The van der Waals surface area contributed by atoms with Crippen molar-refractivity contribution in [2.75, 3.05) is 5.32 Å². The molecule has 1 rings (SSSR count). The van der Waals surface area contributed by atoms with E-state index >= 15 is 0 Å². The quantitative estimate of drug-likeness (QED) is 0.167. The van der Waals surface area contributed by atoms with Crippen molar-refractivity contribution in [1.82, 2.24) is 0 Å². The molecule has 0 aromatic heterocycles. The summed E-state index contributed by atoms with van der Waals surface area (Å²) < 4.78 is 38.8. The molecule has 0 saturated carbocycles. The summed E-state index contributed by atoms with van der Waals surface area (Å²) in [5.41, 5.74) is -1.82. The summed E-state index contributed by atoms with van der Waals surface area (Å²) in [5.74, 6) is -8.49. The van der Waals surface area contributed by atoms with Gasteiger partial charge in [0.05, 0.1) is 10.7 Å². The van der Waals surface area contributed by atoms with Gasteiger partial charge in [0, 0.05) is 0 Å². The number of hydrogen-bond acceptors (Lipinski definition) is 4. The summed E-state index contributed by atoms with van der Waals surface area (Å²) in [5, 5.41) is 18.4. The van der Waals surface area contributed by atoms with E-state index in [0.29, 0.717) is 6.07 Å². The summed E-state index contributed by atoms with van der Waals surface area (Å²) in [4.78, 5) is 21.2. The van der Waals surface area contributed by atoms with Crippen LogP contribution in [0.3, 0.4) is 0 Å². The third-order valence-electron chi connectivity index (χ3n) is 1.95. The summed E-state index contributed by atoms with van der Waals surface area (Å²) in [6.45, 7) is 0. The molecule has 0 radical (unpaired) electrons. The Morgan fingerprint density at radius 3 is 2.00 bits per heavy atom. The van der Waals surface area contributed by atoms with Gasteiger partial charge in [0.25, 0.3) is 0 Å². The molecular formula is C10H7F3NNaO4S. The molecule has 5 nitrogen and oxygen atoms in total. The molecule has 0 bridgehead atoms. The second kappa shape index (κ2) is 7.58. The molecule has 1 aromatic carbocycles. The van der Waals surface area contributed by atoms with Crippen molar-refractivity contribution < 1.29 is 33.0 Å². The second-order valence-electron chi connectivity index (χ2n) is 3.18. The molecule has 0 heterocycles. The third kappa shape index (κ3) is 4.17. The topological polar surface area (TPSA) is 86.6 Å². The Morgan fingerprint density at radius 1 is 1.05 bits per heavy atom. The number of carboxylic acid groups (broad SMARTS) is 2. The van der Waals surface area contributed by atoms with Crippen molar-refractivity contribution in [2.45, 2.75) is 0 Å². The van der Waals surface area contributed by atoms with Crippen LogP contribution in [0.25, 0.3) is 0 Å².